The number of phenols is 1. The molecule has 1 heterocycles. The van der Waals surface area contributed by atoms with Gasteiger partial charge >= 0.3 is 0 Å². The summed E-state index contributed by atoms with van der Waals surface area (Å²) in [6.07, 6.45) is 3.91. The minimum absolute atomic E-state index is 0.0735. The van der Waals surface area contributed by atoms with Gasteiger partial charge in [0.05, 0.1) is 15.1 Å². The molecule has 0 fully saturated rings. The lowest BCUT2D eigenvalue weighted by Gasteiger charge is -2.07. The number of benzene rings is 4. The maximum absolute atomic E-state index is 11.0. The quantitative estimate of drug-likeness (QED) is 0.251. The van der Waals surface area contributed by atoms with Crippen LogP contribution in [0.3, 0.4) is 0 Å². The van der Waals surface area contributed by atoms with Crippen LogP contribution in [0.4, 0.5) is 5.69 Å². The van der Waals surface area contributed by atoms with Crippen LogP contribution in [-0.4, -0.2) is 15.0 Å². The molecule has 5 aromatic rings. The highest BCUT2D eigenvalue weighted by atomic mass is 32.1. The van der Waals surface area contributed by atoms with Crippen molar-refractivity contribution in [2.24, 2.45) is 0 Å². The van der Waals surface area contributed by atoms with Gasteiger partial charge in [-0.15, -0.1) is 11.3 Å². The number of aromatic nitrogens is 1. The van der Waals surface area contributed by atoms with Gasteiger partial charge in [0, 0.05) is 17.7 Å². The second-order valence-electron chi connectivity index (χ2n) is 7.13. The molecular weight excluding hydrogens is 408 g/mol. The van der Waals surface area contributed by atoms with Crippen LogP contribution < -0.4 is 0 Å². The molecule has 0 saturated heterocycles. The second-order valence-corrected chi connectivity index (χ2v) is 8.20. The van der Waals surface area contributed by atoms with Crippen molar-refractivity contribution < 1.29 is 10.0 Å². The number of nitrogens with zero attached hydrogens (tertiary/aromatic N) is 2. The second kappa shape index (κ2) is 7.66. The standard InChI is InChI=1S/C25H16N2O3S/c28-23-4-2-1-3-21(23)19-9-8-17-13-16(5-7-18(17)14-19)6-12-25-26-22-11-10-20(27(29)30)15-24(22)31-25/h1-15,28H. The summed E-state index contributed by atoms with van der Waals surface area (Å²) in [7, 11) is 0. The van der Waals surface area contributed by atoms with Crippen LogP contribution in [0.5, 0.6) is 5.75 Å². The minimum atomic E-state index is -0.395. The first-order chi connectivity index (χ1) is 15.1. The lowest BCUT2D eigenvalue weighted by Crippen LogP contribution is -1.85. The summed E-state index contributed by atoms with van der Waals surface area (Å²) >= 11 is 1.43. The Kier molecular flexibility index (Phi) is 4.69. The average Bonchev–Trinajstić information content (AvgIpc) is 3.20. The van der Waals surface area contributed by atoms with Gasteiger partial charge in [-0.25, -0.2) is 4.98 Å². The number of para-hydroxylation sites is 1. The number of fused-ring (bicyclic) bond motifs is 2. The van der Waals surface area contributed by atoms with Crippen LogP contribution in [0.15, 0.2) is 78.9 Å². The number of non-ortho nitro benzene ring substituents is 1. The first kappa shape index (κ1) is 19.0. The van der Waals surface area contributed by atoms with Crippen molar-refractivity contribution in [3.8, 4) is 16.9 Å². The van der Waals surface area contributed by atoms with E-state index >= 15 is 0 Å². The monoisotopic (exact) mass is 424 g/mol. The van der Waals surface area contributed by atoms with Crippen LogP contribution >= 0.6 is 11.3 Å². The van der Waals surface area contributed by atoms with Crippen molar-refractivity contribution in [2.45, 2.75) is 0 Å². The summed E-state index contributed by atoms with van der Waals surface area (Å²) in [5.74, 6) is 0.266. The van der Waals surface area contributed by atoms with Gasteiger partial charge in [-0.3, -0.25) is 10.1 Å². The van der Waals surface area contributed by atoms with Crippen LogP contribution in [0.2, 0.25) is 0 Å². The SMILES string of the molecule is O=[N+]([O-])c1ccc2nc(C=Cc3ccc4cc(-c5ccccc5O)ccc4c3)sc2c1. The highest BCUT2D eigenvalue weighted by molar-refractivity contribution is 7.19. The lowest BCUT2D eigenvalue weighted by atomic mass is 9.99. The number of nitro groups is 1. The van der Waals surface area contributed by atoms with E-state index in [1.54, 1.807) is 18.2 Å². The molecule has 1 aromatic heterocycles. The van der Waals surface area contributed by atoms with Crippen LogP contribution in [0.25, 0.3) is 44.3 Å². The van der Waals surface area contributed by atoms with Crippen LogP contribution in [0, 0.1) is 10.1 Å². The molecule has 0 radical (unpaired) electrons. The molecule has 0 spiro atoms. The Bertz CT molecular complexity index is 1490. The Labute approximate surface area is 181 Å². The maximum Gasteiger partial charge on any atom is 0.270 e. The molecule has 0 amide bonds. The molecule has 0 aliphatic carbocycles. The first-order valence-corrected chi connectivity index (χ1v) is 10.4. The summed E-state index contributed by atoms with van der Waals surface area (Å²) < 4.78 is 0.795. The third kappa shape index (κ3) is 3.76. The largest absolute Gasteiger partial charge is 0.507 e. The third-order valence-electron chi connectivity index (χ3n) is 5.10. The van der Waals surface area contributed by atoms with Crippen molar-refractivity contribution in [1.82, 2.24) is 4.98 Å². The summed E-state index contributed by atoms with van der Waals surface area (Å²) in [6, 6.07) is 24.3. The van der Waals surface area contributed by atoms with Gasteiger partial charge in [0.2, 0.25) is 0 Å². The Hall–Kier alpha value is -4.03. The van der Waals surface area contributed by atoms with Crippen molar-refractivity contribution in [1.29, 1.82) is 0 Å². The average molecular weight is 424 g/mol. The number of phenolic OH excluding ortho intramolecular Hbond substituents is 1. The number of hydrogen-bond acceptors (Lipinski definition) is 5. The highest BCUT2D eigenvalue weighted by Crippen LogP contribution is 2.32. The molecule has 0 unspecified atom stereocenters. The summed E-state index contributed by atoms with van der Waals surface area (Å²) in [4.78, 5) is 15.1. The van der Waals surface area contributed by atoms with Gasteiger partial charge in [-0.05, 0) is 52.2 Å². The highest BCUT2D eigenvalue weighted by Gasteiger charge is 2.09. The zero-order valence-corrected chi connectivity index (χ0v) is 17.0. The molecule has 5 nitrogen and oxygen atoms in total. The molecular formula is C25H16N2O3S. The number of rotatable bonds is 4. The molecule has 0 aliphatic rings. The van der Waals surface area contributed by atoms with Gasteiger partial charge in [-0.2, -0.15) is 0 Å². The number of aromatic hydroxyl groups is 1. The van der Waals surface area contributed by atoms with Crippen molar-refractivity contribution in [2.75, 3.05) is 0 Å². The minimum Gasteiger partial charge on any atom is -0.507 e. The summed E-state index contributed by atoms with van der Waals surface area (Å²) in [5.41, 5.74) is 3.64. The topological polar surface area (TPSA) is 76.3 Å². The predicted molar refractivity (Wildman–Crippen MR) is 126 cm³/mol. The lowest BCUT2D eigenvalue weighted by molar-refractivity contribution is -0.384. The van der Waals surface area contributed by atoms with E-state index < -0.39 is 4.92 Å². The fourth-order valence-electron chi connectivity index (χ4n) is 3.54. The van der Waals surface area contributed by atoms with E-state index in [-0.39, 0.29) is 11.4 Å². The Morgan fingerprint density at radius 2 is 1.71 bits per heavy atom. The van der Waals surface area contributed by atoms with Crippen molar-refractivity contribution in [3.63, 3.8) is 0 Å². The maximum atomic E-state index is 11.0. The molecule has 0 saturated carbocycles. The number of thiazole rings is 1. The molecule has 5 rings (SSSR count). The first-order valence-electron chi connectivity index (χ1n) is 9.62. The van der Waals surface area contributed by atoms with E-state index in [1.807, 2.05) is 48.6 Å². The van der Waals surface area contributed by atoms with E-state index in [1.165, 1.54) is 17.4 Å². The zero-order chi connectivity index (χ0) is 21.4. The van der Waals surface area contributed by atoms with Gasteiger partial charge in [-0.1, -0.05) is 48.5 Å². The van der Waals surface area contributed by atoms with E-state index in [9.17, 15) is 15.2 Å². The summed E-state index contributed by atoms with van der Waals surface area (Å²) in [6.45, 7) is 0. The van der Waals surface area contributed by atoms with Crippen LogP contribution in [-0.2, 0) is 0 Å². The summed E-state index contributed by atoms with van der Waals surface area (Å²) in [5, 5.41) is 24.0. The molecule has 0 atom stereocenters. The molecule has 4 aromatic carbocycles. The van der Waals surface area contributed by atoms with Crippen molar-refractivity contribution >= 4 is 50.2 Å². The molecule has 1 N–H and O–H groups in total. The third-order valence-corrected chi connectivity index (χ3v) is 6.08. The molecule has 6 heteroatoms. The fraction of sp³-hybridized carbons (Fsp3) is 0. The smallest absolute Gasteiger partial charge is 0.270 e. The van der Waals surface area contributed by atoms with Crippen LogP contribution in [0.1, 0.15) is 10.6 Å². The van der Waals surface area contributed by atoms with Gasteiger partial charge in [0.25, 0.3) is 5.69 Å². The zero-order valence-electron chi connectivity index (χ0n) is 16.2. The van der Waals surface area contributed by atoms with Gasteiger partial charge < -0.3 is 5.11 Å². The van der Waals surface area contributed by atoms with Gasteiger partial charge in [0.1, 0.15) is 10.8 Å². The Balaban J connectivity index is 1.43. The van der Waals surface area contributed by atoms with E-state index in [2.05, 4.69) is 23.2 Å². The Morgan fingerprint density at radius 3 is 2.55 bits per heavy atom. The predicted octanol–water partition coefficient (Wildman–Crippen LogP) is 6.90. The molecule has 150 valence electrons. The van der Waals surface area contributed by atoms with E-state index in [0.717, 1.165) is 42.7 Å². The number of hydrogen-bond donors (Lipinski definition) is 1. The fourth-order valence-corrected chi connectivity index (χ4v) is 4.44. The molecule has 31 heavy (non-hydrogen) atoms. The molecule has 0 aliphatic heterocycles. The molecule has 0 bridgehead atoms. The Morgan fingerprint density at radius 1 is 0.903 bits per heavy atom. The van der Waals surface area contributed by atoms with Gasteiger partial charge in [0.15, 0.2) is 0 Å². The van der Waals surface area contributed by atoms with E-state index in [4.69, 9.17) is 0 Å². The van der Waals surface area contributed by atoms with E-state index in [0.29, 0.717) is 0 Å². The van der Waals surface area contributed by atoms with Crippen molar-refractivity contribution in [3.05, 3.63) is 99.5 Å². The normalized spacial score (nSPS) is 11.5. The number of nitro benzene ring substituents is 1.